The molecular formula is C22H22FN6+. The van der Waals surface area contributed by atoms with Crippen molar-refractivity contribution in [3.05, 3.63) is 83.6 Å². The standard InChI is InChI=1S/C22H21FN6/c23-19-8-5-16(6-9-19)15-29-22(25-26-27-29)21(28-12-1-2-13-28)18-7-10-20-17(14-18)4-3-11-24-20/h3-11,14,21H,1-2,12-13,15H2/p+1/t21-/m1/s1. The van der Waals surface area contributed by atoms with Gasteiger partial charge >= 0.3 is 0 Å². The highest BCUT2D eigenvalue weighted by molar-refractivity contribution is 5.79. The molecule has 1 saturated heterocycles. The van der Waals surface area contributed by atoms with E-state index in [1.807, 2.05) is 16.9 Å². The van der Waals surface area contributed by atoms with Crippen LogP contribution in [0.15, 0.2) is 60.8 Å². The number of benzene rings is 2. The van der Waals surface area contributed by atoms with E-state index in [4.69, 9.17) is 0 Å². The highest BCUT2D eigenvalue weighted by atomic mass is 19.1. The Morgan fingerprint density at radius 2 is 1.86 bits per heavy atom. The second kappa shape index (κ2) is 7.67. The molecule has 1 fully saturated rings. The van der Waals surface area contributed by atoms with E-state index in [9.17, 15) is 4.39 Å². The van der Waals surface area contributed by atoms with Crippen molar-refractivity contribution in [1.29, 1.82) is 0 Å². The van der Waals surface area contributed by atoms with Crippen molar-refractivity contribution in [2.45, 2.75) is 25.4 Å². The van der Waals surface area contributed by atoms with Crippen LogP contribution in [-0.4, -0.2) is 38.3 Å². The van der Waals surface area contributed by atoms with Gasteiger partial charge in [-0.2, -0.15) is 0 Å². The van der Waals surface area contributed by atoms with Gasteiger partial charge in [0.25, 0.3) is 0 Å². The van der Waals surface area contributed by atoms with E-state index < -0.39 is 0 Å². The van der Waals surface area contributed by atoms with Crippen LogP contribution < -0.4 is 4.90 Å². The van der Waals surface area contributed by atoms with Crippen LogP contribution in [0.3, 0.4) is 0 Å². The van der Waals surface area contributed by atoms with Gasteiger partial charge in [-0.1, -0.05) is 24.3 Å². The van der Waals surface area contributed by atoms with Crippen molar-refractivity contribution < 1.29 is 9.29 Å². The summed E-state index contributed by atoms with van der Waals surface area (Å²) < 4.78 is 15.1. The minimum absolute atomic E-state index is 0.0533. The summed E-state index contributed by atoms with van der Waals surface area (Å²) in [4.78, 5) is 5.91. The summed E-state index contributed by atoms with van der Waals surface area (Å²) in [7, 11) is 0. The van der Waals surface area contributed by atoms with Gasteiger partial charge in [0.1, 0.15) is 5.82 Å². The molecule has 0 spiro atoms. The maximum atomic E-state index is 13.3. The van der Waals surface area contributed by atoms with Crippen LogP contribution in [-0.2, 0) is 6.54 Å². The molecule has 2 aromatic carbocycles. The topological polar surface area (TPSA) is 60.9 Å². The van der Waals surface area contributed by atoms with E-state index in [2.05, 4.69) is 44.8 Å². The fourth-order valence-electron chi connectivity index (χ4n) is 4.25. The summed E-state index contributed by atoms with van der Waals surface area (Å²) in [6.45, 7) is 2.71. The Hall–Kier alpha value is -3.19. The monoisotopic (exact) mass is 389 g/mol. The zero-order valence-electron chi connectivity index (χ0n) is 16.0. The van der Waals surface area contributed by atoms with E-state index in [0.717, 1.165) is 35.4 Å². The largest absolute Gasteiger partial charge is 0.322 e. The Bertz CT molecular complexity index is 1120. The molecule has 7 heteroatoms. The number of quaternary nitrogens is 1. The number of halogens is 1. The molecule has 0 saturated carbocycles. The first kappa shape index (κ1) is 17.9. The Morgan fingerprint density at radius 1 is 1.03 bits per heavy atom. The maximum absolute atomic E-state index is 13.3. The molecule has 3 heterocycles. The van der Waals surface area contributed by atoms with Gasteiger partial charge in [0, 0.05) is 30.0 Å². The fraction of sp³-hybridized carbons (Fsp3) is 0.273. The first-order valence-electron chi connectivity index (χ1n) is 9.98. The van der Waals surface area contributed by atoms with Crippen LogP contribution >= 0.6 is 0 Å². The molecule has 1 atom stereocenters. The second-order valence-corrected chi connectivity index (χ2v) is 7.58. The number of tetrazole rings is 1. The van der Waals surface area contributed by atoms with Gasteiger partial charge in [0.05, 0.1) is 25.2 Å². The quantitative estimate of drug-likeness (QED) is 0.568. The van der Waals surface area contributed by atoms with Crippen LogP contribution in [0, 0.1) is 5.82 Å². The third-order valence-electron chi connectivity index (χ3n) is 5.68. The van der Waals surface area contributed by atoms with E-state index in [1.54, 1.807) is 12.1 Å². The van der Waals surface area contributed by atoms with E-state index in [1.165, 1.54) is 35.4 Å². The van der Waals surface area contributed by atoms with Crippen molar-refractivity contribution >= 4 is 10.9 Å². The number of nitrogens with one attached hydrogen (secondary N) is 1. The van der Waals surface area contributed by atoms with Gasteiger partial charge in [-0.25, -0.2) is 9.07 Å². The molecule has 1 aliphatic rings. The zero-order valence-corrected chi connectivity index (χ0v) is 16.0. The Kier molecular flexibility index (Phi) is 4.73. The molecule has 1 aliphatic heterocycles. The molecular weight excluding hydrogens is 367 g/mol. The fourth-order valence-corrected chi connectivity index (χ4v) is 4.25. The van der Waals surface area contributed by atoms with Gasteiger partial charge < -0.3 is 4.90 Å². The molecule has 5 rings (SSSR count). The zero-order chi connectivity index (χ0) is 19.6. The predicted octanol–water partition coefficient (Wildman–Crippen LogP) is 2.18. The number of pyridine rings is 1. The molecule has 0 bridgehead atoms. The highest BCUT2D eigenvalue weighted by Gasteiger charge is 2.33. The van der Waals surface area contributed by atoms with Crippen LogP contribution in [0.4, 0.5) is 4.39 Å². The predicted molar refractivity (Wildman–Crippen MR) is 107 cm³/mol. The van der Waals surface area contributed by atoms with Crippen LogP contribution in [0.2, 0.25) is 0 Å². The molecule has 6 nitrogen and oxygen atoms in total. The lowest BCUT2D eigenvalue weighted by Crippen LogP contribution is -3.10. The lowest BCUT2D eigenvalue weighted by molar-refractivity contribution is -0.914. The minimum atomic E-state index is -0.241. The number of likely N-dealkylation sites (tertiary alicyclic amines) is 1. The Morgan fingerprint density at radius 3 is 2.69 bits per heavy atom. The van der Waals surface area contributed by atoms with Crippen molar-refractivity contribution in [2.75, 3.05) is 13.1 Å². The number of rotatable bonds is 5. The summed E-state index contributed by atoms with van der Waals surface area (Å²) in [5.74, 6) is 0.601. The van der Waals surface area contributed by atoms with Gasteiger partial charge in [-0.05, 0) is 46.3 Å². The van der Waals surface area contributed by atoms with E-state index in [0.29, 0.717) is 6.54 Å². The highest BCUT2D eigenvalue weighted by Crippen LogP contribution is 2.23. The summed E-state index contributed by atoms with van der Waals surface area (Å²) in [6, 6.07) is 17.0. The molecule has 0 unspecified atom stereocenters. The summed E-state index contributed by atoms with van der Waals surface area (Å²) in [5, 5.41) is 13.8. The van der Waals surface area contributed by atoms with Gasteiger partial charge in [-0.15, -0.1) is 5.10 Å². The second-order valence-electron chi connectivity index (χ2n) is 7.58. The van der Waals surface area contributed by atoms with Crippen molar-refractivity contribution in [2.24, 2.45) is 0 Å². The normalized spacial score (nSPS) is 15.8. The lowest BCUT2D eigenvalue weighted by atomic mass is 10.0. The smallest absolute Gasteiger partial charge is 0.214 e. The van der Waals surface area contributed by atoms with Gasteiger partial charge in [0.2, 0.25) is 5.82 Å². The Labute approximate surface area is 168 Å². The van der Waals surface area contributed by atoms with Gasteiger partial charge in [0.15, 0.2) is 6.04 Å². The number of nitrogens with zero attached hydrogens (tertiary/aromatic N) is 5. The Balaban J connectivity index is 1.55. The molecule has 4 aromatic rings. The first-order chi connectivity index (χ1) is 14.3. The van der Waals surface area contributed by atoms with Crippen LogP contribution in [0.5, 0.6) is 0 Å². The summed E-state index contributed by atoms with van der Waals surface area (Å²) >= 11 is 0. The molecule has 1 N–H and O–H groups in total. The number of aromatic nitrogens is 5. The van der Waals surface area contributed by atoms with Crippen molar-refractivity contribution in [1.82, 2.24) is 25.2 Å². The summed E-state index contributed by atoms with van der Waals surface area (Å²) in [5.41, 5.74) is 3.15. The van der Waals surface area contributed by atoms with Crippen molar-refractivity contribution in [3.63, 3.8) is 0 Å². The van der Waals surface area contributed by atoms with Crippen molar-refractivity contribution in [3.8, 4) is 0 Å². The molecule has 29 heavy (non-hydrogen) atoms. The lowest BCUT2D eigenvalue weighted by Gasteiger charge is -2.24. The maximum Gasteiger partial charge on any atom is 0.214 e. The average molecular weight is 389 g/mol. The number of hydrogen-bond acceptors (Lipinski definition) is 4. The average Bonchev–Trinajstić information content (AvgIpc) is 3.43. The van der Waals surface area contributed by atoms with Crippen LogP contribution in [0.1, 0.15) is 35.8 Å². The molecule has 0 aliphatic carbocycles. The SMILES string of the molecule is Fc1ccc(Cn2nnnc2[C@@H](c2ccc3ncccc3c2)[NH+]2CCCC2)cc1. The molecule has 2 aromatic heterocycles. The molecule has 146 valence electrons. The molecule has 0 radical (unpaired) electrons. The number of hydrogen-bond donors (Lipinski definition) is 1. The molecule has 0 amide bonds. The number of fused-ring (bicyclic) bond motifs is 1. The third-order valence-corrected chi connectivity index (χ3v) is 5.68. The third kappa shape index (κ3) is 3.61. The van der Waals surface area contributed by atoms with E-state index in [-0.39, 0.29) is 11.9 Å². The minimum Gasteiger partial charge on any atom is -0.322 e. The first-order valence-corrected chi connectivity index (χ1v) is 9.98. The summed E-state index contributed by atoms with van der Waals surface area (Å²) in [6.07, 6.45) is 4.23. The van der Waals surface area contributed by atoms with Gasteiger partial charge in [-0.3, -0.25) is 4.98 Å². The van der Waals surface area contributed by atoms with E-state index >= 15 is 0 Å². The van der Waals surface area contributed by atoms with Crippen LogP contribution in [0.25, 0.3) is 10.9 Å².